The van der Waals surface area contributed by atoms with E-state index in [4.69, 9.17) is 0 Å². The average molecular weight is 347 g/mol. The number of hydrogen-bond donors (Lipinski definition) is 1. The van der Waals surface area contributed by atoms with Crippen molar-refractivity contribution < 1.29 is 9.90 Å². The van der Waals surface area contributed by atoms with E-state index < -0.39 is 5.60 Å². The van der Waals surface area contributed by atoms with Crippen LogP contribution in [0, 0.1) is 46.3 Å². The minimum atomic E-state index is -0.432. The van der Waals surface area contributed by atoms with Crippen molar-refractivity contribution >= 4 is 6.29 Å². The molecule has 0 radical (unpaired) electrons. The monoisotopic (exact) mass is 346 g/mol. The number of carbonyl (C=O) groups excluding carboxylic acids is 1. The van der Waals surface area contributed by atoms with Gasteiger partial charge in [-0.25, -0.2) is 0 Å². The van der Waals surface area contributed by atoms with Crippen molar-refractivity contribution in [2.75, 3.05) is 0 Å². The lowest BCUT2D eigenvalue weighted by Gasteiger charge is -2.62. The van der Waals surface area contributed by atoms with Crippen molar-refractivity contribution in [3.63, 3.8) is 0 Å². The summed E-state index contributed by atoms with van der Waals surface area (Å²) in [5, 5.41) is 10.6. The first-order valence-electron chi connectivity index (χ1n) is 10.9. The molecule has 142 valence electrons. The summed E-state index contributed by atoms with van der Waals surface area (Å²) in [6, 6.07) is 0. The van der Waals surface area contributed by atoms with Crippen molar-refractivity contribution in [1.82, 2.24) is 0 Å². The molecule has 25 heavy (non-hydrogen) atoms. The minimum absolute atomic E-state index is 0.225. The Balaban J connectivity index is 1.59. The highest BCUT2D eigenvalue weighted by Crippen LogP contribution is 2.68. The average Bonchev–Trinajstić information content (AvgIpc) is 2.92. The van der Waals surface area contributed by atoms with E-state index >= 15 is 0 Å². The second-order valence-electron chi connectivity index (χ2n) is 11.1. The highest BCUT2D eigenvalue weighted by atomic mass is 16.3. The van der Waals surface area contributed by atoms with Gasteiger partial charge in [-0.3, -0.25) is 0 Å². The van der Waals surface area contributed by atoms with Crippen LogP contribution in [-0.2, 0) is 4.79 Å². The molecule has 0 bridgehead atoms. The van der Waals surface area contributed by atoms with Gasteiger partial charge in [0.2, 0.25) is 0 Å². The molecule has 0 aromatic heterocycles. The summed E-state index contributed by atoms with van der Waals surface area (Å²) in [4.78, 5) is 11.5. The summed E-state index contributed by atoms with van der Waals surface area (Å²) >= 11 is 0. The van der Waals surface area contributed by atoms with Gasteiger partial charge in [0.25, 0.3) is 0 Å². The van der Waals surface area contributed by atoms with Gasteiger partial charge in [-0.1, -0.05) is 20.8 Å². The van der Waals surface area contributed by atoms with Crippen LogP contribution in [0.5, 0.6) is 0 Å². The standard InChI is InChI=1S/C23H38O2/c1-15(14-24)18-7-8-19-17-6-5-16-13-21(2,25)11-12-22(16,3)20(17)9-10-23(18,19)4/h14-20,25H,5-13H2,1-4H3/t15-,16-,17+,18-,19+,20+,21+,22+,23-/m1/s1. The van der Waals surface area contributed by atoms with Gasteiger partial charge >= 0.3 is 0 Å². The zero-order valence-corrected chi connectivity index (χ0v) is 16.8. The van der Waals surface area contributed by atoms with Crippen LogP contribution < -0.4 is 0 Å². The molecule has 0 aliphatic heterocycles. The quantitative estimate of drug-likeness (QED) is 0.695. The molecule has 4 fully saturated rings. The third-order valence-corrected chi connectivity index (χ3v) is 9.88. The normalized spacial score (nSPS) is 56.4. The molecule has 4 aliphatic rings. The predicted molar refractivity (Wildman–Crippen MR) is 101 cm³/mol. The fourth-order valence-corrected chi connectivity index (χ4v) is 8.43. The maximum atomic E-state index is 11.5. The van der Waals surface area contributed by atoms with E-state index in [1.54, 1.807) is 0 Å². The molecule has 0 unspecified atom stereocenters. The molecular weight excluding hydrogens is 308 g/mol. The predicted octanol–water partition coefficient (Wildman–Crippen LogP) is 5.23. The Kier molecular flexibility index (Phi) is 4.19. The van der Waals surface area contributed by atoms with Crippen molar-refractivity contribution in [3.8, 4) is 0 Å². The zero-order valence-electron chi connectivity index (χ0n) is 16.8. The van der Waals surface area contributed by atoms with Crippen LogP contribution in [0.15, 0.2) is 0 Å². The van der Waals surface area contributed by atoms with E-state index in [-0.39, 0.29) is 5.92 Å². The highest BCUT2D eigenvalue weighted by Gasteiger charge is 2.61. The first kappa shape index (κ1) is 18.0. The molecule has 4 saturated carbocycles. The minimum Gasteiger partial charge on any atom is -0.390 e. The Morgan fingerprint density at radius 3 is 2.36 bits per heavy atom. The fourth-order valence-electron chi connectivity index (χ4n) is 8.43. The van der Waals surface area contributed by atoms with Crippen LogP contribution in [-0.4, -0.2) is 17.0 Å². The van der Waals surface area contributed by atoms with Crippen LogP contribution in [0.3, 0.4) is 0 Å². The molecule has 0 amide bonds. The van der Waals surface area contributed by atoms with Crippen LogP contribution in [0.1, 0.15) is 85.5 Å². The molecule has 0 saturated heterocycles. The van der Waals surface area contributed by atoms with Crippen LogP contribution in [0.4, 0.5) is 0 Å². The van der Waals surface area contributed by atoms with Crippen molar-refractivity contribution in [1.29, 1.82) is 0 Å². The lowest BCUT2D eigenvalue weighted by atomic mass is 9.43. The van der Waals surface area contributed by atoms with Crippen molar-refractivity contribution in [3.05, 3.63) is 0 Å². The first-order chi connectivity index (χ1) is 11.7. The van der Waals surface area contributed by atoms with Crippen molar-refractivity contribution in [2.45, 2.75) is 91.1 Å². The smallest absolute Gasteiger partial charge is 0.123 e. The lowest BCUT2D eigenvalue weighted by Crippen LogP contribution is -2.55. The molecule has 1 N–H and O–H groups in total. The van der Waals surface area contributed by atoms with Gasteiger partial charge in [0.05, 0.1) is 5.60 Å². The number of hydrogen-bond acceptors (Lipinski definition) is 2. The number of aldehydes is 1. The summed E-state index contributed by atoms with van der Waals surface area (Å²) in [5.74, 6) is 4.10. The molecular formula is C23H38O2. The van der Waals surface area contributed by atoms with E-state index in [1.807, 2.05) is 0 Å². The largest absolute Gasteiger partial charge is 0.390 e. The van der Waals surface area contributed by atoms with Gasteiger partial charge in [-0.15, -0.1) is 0 Å². The summed E-state index contributed by atoms with van der Waals surface area (Å²) in [7, 11) is 0. The van der Waals surface area contributed by atoms with E-state index in [0.717, 1.165) is 30.6 Å². The number of rotatable bonds is 2. The third kappa shape index (κ3) is 2.57. The Hall–Kier alpha value is -0.370. The molecule has 2 heteroatoms. The molecule has 0 spiro atoms. The third-order valence-electron chi connectivity index (χ3n) is 9.88. The van der Waals surface area contributed by atoms with Gasteiger partial charge in [0.15, 0.2) is 0 Å². The molecule has 4 aliphatic carbocycles. The second kappa shape index (κ2) is 5.81. The van der Waals surface area contributed by atoms with E-state index in [9.17, 15) is 9.90 Å². The SMILES string of the molecule is C[C@H](C=O)[C@H]1CC[C@H]2[C@@H]3CC[C@@H]4C[C@@](C)(O)CC[C@]4(C)[C@H]3CC[C@]12C. The summed E-state index contributed by atoms with van der Waals surface area (Å²) < 4.78 is 0. The molecule has 4 rings (SSSR count). The Labute approximate surface area is 154 Å². The maximum absolute atomic E-state index is 11.5. The molecule has 0 aromatic rings. The van der Waals surface area contributed by atoms with E-state index in [0.29, 0.717) is 22.7 Å². The lowest BCUT2D eigenvalue weighted by molar-refractivity contribution is -0.148. The van der Waals surface area contributed by atoms with Gasteiger partial charge in [-0.2, -0.15) is 0 Å². The maximum Gasteiger partial charge on any atom is 0.123 e. The van der Waals surface area contributed by atoms with Crippen LogP contribution in [0.2, 0.25) is 0 Å². The number of fused-ring (bicyclic) bond motifs is 5. The van der Waals surface area contributed by atoms with Gasteiger partial charge in [0, 0.05) is 5.92 Å². The Bertz CT molecular complexity index is 540. The topological polar surface area (TPSA) is 37.3 Å². The van der Waals surface area contributed by atoms with E-state index in [2.05, 4.69) is 27.7 Å². The van der Waals surface area contributed by atoms with Crippen molar-refractivity contribution in [2.24, 2.45) is 46.3 Å². The summed E-state index contributed by atoms with van der Waals surface area (Å²) in [6.07, 6.45) is 12.4. The second-order valence-corrected chi connectivity index (χ2v) is 11.1. The molecule has 2 nitrogen and oxygen atoms in total. The molecule has 9 atom stereocenters. The highest BCUT2D eigenvalue weighted by molar-refractivity contribution is 5.53. The first-order valence-corrected chi connectivity index (χ1v) is 10.9. The molecule has 0 heterocycles. The summed E-state index contributed by atoms with van der Waals surface area (Å²) in [6.45, 7) is 9.29. The zero-order chi connectivity index (χ0) is 18.0. The Morgan fingerprint density at radius 1 is 0.920 bits per heavy atom. The van der Waals surface area contributed by atoms with Crippen LogP contribution in [0.25, 0.3) is 0 Å². The fraction of sp³-hybridized carbons (Fsp3) is 0.957. The van der Waals surface area contributed by atoms with Crippen LogP contribution >= 0.6 is 0 Å². The van der Waals surface area contributed by atoms with Gasteiger partial charge in [0.1, 0.15) is 6.29 Å². The summed E-state index contributed by atoms with van der Waals surface area (Å²) in [5.41, 5.74) is 0.406. The molecule has 0 aromatic carbocycles. The Morgan fingerprint density at radius 2 is 1.64 bits per heavy atom. The van der Waals surface area contributed by atoms with E-state index in [1.165, 1.54) is 51.2 Å². The van der Waals surface area contributed by atoms with Gasteiger partial charge < -0.3 is 9.90 Å². The number of aliphatic hydroxyl groups is 1. The van der Waals surface area contributed by atoms with Gasteiger partial charge in [-0.05, 0) is 105 Å². The number of carbonyl (C=O) groups is 1.